The van der Waals surface area contributed by atoms with E-state index in [1.165, 1.54) is 12.2 Å². The Morgan fingerprint density at radius 1 is 1.45 bits per heavy atom. The summed E-state index contributed by atoms with van der Waals surface area (Å²) in [7, 11) is 3.74. The SMILES string of the molecule is C=C(C)CCC(C=O)COC1(N(C)C)C=CC(=O)C=C1. The van der Waals surface area contributed by atoms with Gasteiger partial charge in [0.25, 0.3) is 0 Å². The Balaban J connectivity index is 2.65. The van der Waals surface area contributed by atoms with E-state index in [1.54, 1.807) is 12.2 Å². The average Bonchev–Trinajstić information content (AvgIpc) is 2.40. The molecule has 0 radical (unpaired) electrons. The van der Waals surface area contributed by atoms with Crippen molar-refractivity contribution in [2.24, 2.45) is 5.92 Å². The van der Waals surface area contributed by atoms with Crippen molar-refractivity contribution in [3.63, 3.8) is 0 Å². The van der Waals surface area contributed by atoms with Crippen LogP contribution in [-0.4, -0.2) is 43.4 Å². The minimum atomic E-state index is -0.752. The minimum absolute atomic E-state index is 0.0553. The maximum atomic E-state index is 11.2. The quantitative estimate of drug-likeness (QED) is 0.387. The number of carbonyl (C=O) groups is 2. The van der Waals surface area contributed by atoms with Gasteiger partial charge in [0.2, 0.25) is 0 Å². The summed E-state index contributed by atoms with van der Waals surface area (Å²) in [6.45, 7) is 6.10. The highest BCUT2D eigenvalue weighted by atomic mass is 16.5. The first kappa shape index (κ1) is 16.5. The van der Waals surface area contributed by atoms with Crippen LogP contribution < -0.4 is 0 Å². The predicted molar refractivity (Wildman–Crippen MR) is 79.3 cm³/mol. The third-order valence-electron chi connectivity index (χ3n) is 3.33. The summed E-state index contributed by atoms with van der Waals surface area (Å²) in [6.07, 6.45) is 8.88. The number of aldehydes is 1. The predicted octanol–water partition coefficient (Wildman–Crippen LogP) is 2.13. The van der Waals surface area contributed by atoms with Crippen molar-refractivity contribution in [2.45, 2.75) is 25.5 Å². The molecule has 20 heavy (non-hydrogen) atoms. The molecule has 0 bridgehead atoms. The van der Waals surface area contributed by atoms with E-state index in [-0.39, 0.29) is 11.7 Å². The van der Waals surface area contributed by atoms with Crippen LogP contribution in [0.4, 0.5) is 0 Å². The molecule has 4 heteroatoms. The molecule has 1 rings (SSSR count). The van der Waals surface area contributed by atoms with Crippen LogP contribution in [0.5, 0.6) is 0 Å². The van der Waals surface area contributed by atoms with Gasteiger partial charge in [0.15, 0.2) is 11.5 Å². The zero-order chi connectivity index (χ0) is 15.2. The Morgan fingerprint density at radius 3 is 2.50 bits per heavy atom. The molecule has 1 aliphatic rings. The standard InChI is InChI=1S/C16H23NO3/c1-13(2)5-6-14(11-18)12-20-16(17(3)4)9-7-15(19)8-10-16/h7-11,14H,1,5-6,12H2,2-4H3. The van der Waals surface area contributed by atoms with E-state index in [9.17, 15) is 9.59 Å². The molecule has 4 nitrogen and oxygen atoms in total. The average molecular weight is 277 g/mol. The van der Waals surface area contributed by atoms with Crippen LogP contribution >= 0.6 is 0 Å². The first-order valence-electron chi connectivity index (χ1n) is 6.73. The van der Waals surface area contributed by atoms with Crippen molar-refractivity contribution in [1.29, 1.82) is 0 Å². The summed E-state index contributed by atoms with van der Waals surface area (Å²) < 4.78 is 5.90. The Bertz CT molecular complexity index is 419. The van der Waals surface area contributed by atoms with Gasteiger partial charge >= 0.3 is 0 Å². The van der Waals surface area contributed by atoms with Gasteiger partial charge < -0.3 is 9.53 Å². The lowest BCUT2D eigenvalue weighted by Crippen LogP contribution is -2.45. The fourth-order valence-corrected chi connectivity index (χ4v) is 1.90. The van der Waals surface area contributed by atoms with E-state index in [2.05, 4.69) is 6.58 Å². The third-order valence-corrected chi connectivity index (χ3v) is 3.33. The second-order valence-electron chi connectivity index (χ2n) is 5.42. The lowest BCUT2D eigenvalue weighted by Gasteiger charge is -2.36. The molecule has 0 aromatic heterocycles. The summed E-state index contributed by atoms with van der Waals surface area (Å²) in [5.74, 6) is -0.219. The van der Waals surface area contributed by atoms with Crippen LogP contribution in [0.15, 0.2) is 36.5 Å². The molecule has 0 spiro atoms. The lowest BCUT2D eigenvalue weighted by atomic mass is 10.0. The highest BCUT2D eigenvalue weighted by molar-refractivity contribution is 6.00. The Kier molecular flexibility index (Phi) is 6.05. The zero-order valence-corrected chi connectivity index (χ0v) is 12.5. The molecule has 1 aliphatic carbocycles. The highest BCUT2D eigenvalue weighted by Crippen LogP contribution is 2.23. The van der Waals surface area contributed by atoms with Gasteiger partial charge in [-0.2, -0.15) is 0 Å². The van der Waals surface area contributed by atoms with E-state index in [4.69, 9.17) is 4.74 Å². The monoisotopic (exact) mass is 277 g/mol. The van der Waals surface area contributed by atoms with Crippen molar-refractivity contribution in [1.82, 2.24) is 4.90 Å². The second kappa shape index (κ2) is 7.31. The topological polar surface area (TPSA) is 46.6 Å². The van der Waals surface area contributed by atoms with Crippen molar-refractivity contribution >= 4 is 12.1 Å². The van der Waals surface area contributed by atoms with Gasteiger partial charge in [0.05, 0.1) is 6.61 Å². The number of likely N-dealkylation sites (N-methyl/N-ethyl adjacent to an activating group) is 1. The normalized spacial score (nSPS) is 18.3. The van der Waals surface area contributed by atoms with E-state index in [0.717, 1.165) is 24.7 Å². The number of rotatable bonds is 8. The van der Waals surface area contributed by atoms with Crippen LogP contribution in [0.3, 0.4) is 0 Å². The van der Waals surface area contributed by atoms with Crippen LogP contribution in [0.25, 0.3) is 0 Å². The van der Waals surface area contributed by atoms with E-state index in [0.29, 0.717) is 6.61 Å². The van der Waals surface area contributed by atoms with Crippen LogP contribution in [-0.2, 0) is 14.3 Å². The van der Waals surface area contributed by atoms with Crippen molar-refractivity contribution in [3.8, 4) is 0 Å². The maximum absolute atomic E-state index is 11.2. The summed E-state index contributed by atoms with van der Waals surface area (Å²) in [5.41, 5.74) is 0.306. The zero-order valence-electron chi connectivity index (χ0n) is 12.5. The Morgan fingerprint density at radius 2 is 2.05 bits per heavy atom. The first-order valence-corrected chi connectivity index (χ1v) is 6.73. The molecule has 0 saturated carbocycles. The van der Waals surface area contributed by atoms with Gasteiger partial charge in [-0.05, 0) is 58.2 Å². The van der Waals surface area contributed by atoms with E-state index in [1.807, 2.05) is 25.9 Å². The Labute approximate surface area is 120 Å². The van der Waals surface area contributed by atoms with Gasteiger partial charge in [-0.3, -0.25) is 9.69 Å². The molecule has 110 valence electrons. The van der Waals surface area contributed by atoms with Gasteiger partial charge in [0.1, 0.15) is 6.29 Å². The van der Waals surface area contributed by atoms with Crippen LogP contribution in [0, 0.1) is 5.92 Å². The molecule has 0 amide bonds. The molecule has 0 N–H and O–H groups in total. The van der Waals surface area contributed by atoms with Gasteiger partial charge in [-0.15, -0.1) is 6.58 Å². The van der Waals surface area contributed by atoms with Crippen molar-refractivity contribution in [2.75, 3.05) is 20.7 Å². The molecule has 1 atom stereocenters. The fraction of sp³-hybridized carbons (Fsp3) is 0.500. The lowest BCUT2D eigenvalue weighted by molar-refractivity contribution is -0.120. The molecule has 0 aliphatic heterocycles. The number of allylic oxidation sites excluding steroid dienone is 3. The van der Waals surface area contributed by atoms with Crippen molar-refractivity contribution < 1.29 is 14.3 Å². The van der Waals surface area contributed by atoms with E-state index < -0.39 is 5.72 Å². The highest BCUT2D eigenvalue weighted by Gasteiger charge is 2.31. The molecule has 0 fully saturated rings. The number of ether oxygens (including phenoxy) is 1. The number of hydrogen-bond donors (Lipinski definition) is 0. The van der Waals surface area contributed by atoms with E-state index >= 15 is 0 Å². The number of ketones is 1. The summed E-state index contributed by atoms with van der Waals surface area (Å²) in [5, 5.41) is 0. The molecular formula is C16H23NO3. The minimum Gasteiger partial charge on any atom is -0.352 e. The van der Waals surface area contributed by atoms with Crippen molar-refractivity contribution in [3.05, 3.63) is 36.5 Å². The fourth-order valence-electron chi connectivity index (χ4n) is 1.90. The van der Waals surface area contributed by atoms with Crippen LogP contribution in [0.1, 0.15) is 19.8 Å². The number of carbonyl (C=O) groups excluding carboxylic acids is 2. The molecule has 0 heterocycles. The molecular weight excluding hydrogens is 254 g/mol. The number of hydrogen-bond acceptors (Lipinski definition) is 4. The van der Waals surface area contributed by atoms with Crippen LogP contribution in [0.2, 0.25) is 0 Å². The first-order chi connectivity index (χ1) is 9.39. The smallest absolute Gasteiger partial charge is 0.178 e. The summed E-state index contributed by atoms with van der Waals surface area (Å²) in [6, 6.07) is 0. The largest absolute Gasteiger partial charge is 0.352 e. The Hall–Kier alpha value is -1.52. The number of nitrogens with zero attached hydrogens (tertiary/aromatic N) is 1. The molecule has 0 aromatic carbocycles. The van der Waals surface area contributed by atoms with Gasteiger partial charge in [-0.1, -0.05) is 5.57 Å². The molecule has 1 unspecified atom stereocenters. The third kappa shape index (κ3) is 4.54. The maximum Gasteiger partial charge on any atom is 0.178 e. The summed E-state index contributed by atoms with van der Waals surface area (Å²) in [4.78, 5) is 24.2. The van der Waals surface area contributed by atoms with Gasteiger partial charge in [0, 0.05) is 5.92 Å². The summed E-state index contributed by atoms with van der Waals surface area (Å²) >= 11 is 0. The second-order valence-corrected chi connectivity index (χ2v) is 5.42. The van der Waals surface area contributed by atoms with Gasteiger partial charge in [-0.25, -0.2) is 0 Å². The molecule has 0 aromatic rings. The molecule has 0 saturated heterocycles.